The Morgan fingerprint density at radius 2 is 2.24 bits per heavy atom. The molecule has 4 atom stereocenters. The molecule has 2 saturated heterocycles. The van der Waals surface area contributed by atoms with E-state index in [0.717, 1.165) is 19.4 Å². The Morgan fingerprint density at radius 3 is 2.82 bits per heavy atom. The number of carbonyl (C=O) groups excluding carboxylic acids is 1. The van der Waals surface area contributed by atoms with Crippen LogP contribution in [0.3, 0.4) is 0 Å². The van der Waals surface area contributed by atoms with Gasteiger partial charge >= 0.3 is 0 Å². The minimum Gasteiger partial charge on any atom is -0.392 e. The molecule has 98 valence electrons. The first kappa shape index (κ1) is 12.8. The number of β-amino-alcohol motifs (C(OH)–C–C–N with tert-alkyl or cyclic N) is 1. The molecule has 0 aliphatic carbocycles. The number of rotatable bonds is 2. The first-order valence-electron chi connectivity index (χ1n) is 6.48. The first-order chi connectivity index (χ1) is 8.06. The second-order valence-corrected chi connectivity index (χ2v) is 5.41. The number of carbonyl (C=O) groups is 1. The Morgan fingerprint density at radius 1 is 1.47 bits per heavy atom. The molecule has 0 aromatic rings. The van der Waals surface area contributed by atoms with Crippen molar-refractivity contribution in [2.45, 2.75) is 50.4 Å². The number of likely N-dealkylation sites (tertiary alicyclic amines) is 1. The van der Waals surface area contributed by atoms with Crippen molar-refractivity contribution >= 4 is 5.91 Å². The topological polar surface area (TPSA) is 64.6 Å². The lowest BCUT2D eigenvalue weighted by atomic mass is 9.98. The van der Waals surface area contributed by atoms with Crippen molar-refractivity contribution in [2.75, 3.05) is 20.1 Å². The van der Waals surface area contributed by atoms with Crippen LogP contribution in [0.2, 0.25) is 0 Å². The van der Waals surface area contributed by atoms with E-state index in [1.54, 1.807) is 0 Å². The molecule has 0 bridgehead atoms. The van der Waals surface area contributed by atoms with Crippen LogP contribution in [-0.4, -0.2) is 60.3 Å². The molecule has 1 amide bonds. The molecule has 0 aromatic heterocycles. The van der Waals surface area contributed by atoms with Crippen LogP contribution >= 0.6 is 0 Å². The molecule has 2 fully saturated rings. The van der Waals surface area contributed by atoms with Crippen molar-refractivity contribution in [3.05, 3.63) is 0 Å². The summed E-state index contributed by atoms with van der Waals surface area (Å²) in [5.41, 5.74) is 0. The van der Waals surface area contributed by atoms with Crippen LogP contribution in [-0.2, 0) is 4.79 Å². The van der Waals surface area contributed by atoms with Crippen LogP contribution < -0.4 is 10.6 Å². The van der Waals surface area contributed by atoms with E-state index in [-0.39, 0.29) is 24.1 Å². The van der Waals surface area contributed by atoms with Crippen molar-refractivity contribution in [3.63, 3.8) is 0 Å². The molecule has 5 heteroatoms. The van der Waals surface area contributed by atoms with Gasteiger partial charge in [-0.3, -0.25) is 4.79 Å². The molecule has 17 heavy (non-hydrogen) atoms. The molecule has 2 rings (SSSR count). The highest BCUT2D eigenvalue weighted by atomic mass is 16.3. The van der Waals surface area contributed by atoms with Gasteiger partial charge in [0.25, 0.3) is 0 Å². The molecule has 0 spiro atoms. The van der Waals surface area contributed by atoms with Gasteiger partial charge in [0.1, 0.15) is 0 Å². The molecule has 0 aromatic carbocycles. The highest BCUT2D eigenvalue weighted by Gasteiger charge is 2.30. The van der Waals surface area contributed by atoms with E-state index in [2.05, 4.69) is 29.5 Å². The molecule has 2 aliphatic rings. The molecule has 0 saturated carbocycles. The van der Waals surface area contributed by atoms with E-state index in [1.165, 1.54) is 0 Å². The third-order valence-corrected chi connectivity index (χ3v) is 3.98. The molecule has 2 aliphatic heterocycles. The van der Waals surface area contributed by atoms with Crippen LogP contribution in [0.5, 0.6) is 0 Å². The van der Waals surface area contributed by atoms with E-state index in [0.29, 0.717) is 19.0 Å². The zero-order valence-corrected chi connectivity index (χ0v) is 10.6. The second kappa shape index (κ2) is 5.33. The van der Waals surface area contributed by atoms with Crippen LogP contribution in [0, 0.1) is 0 Å². The smallest absolute Gasteiger partial charge is 0.237 e. The quantitative estimate of drug-likeness (QED) is 0.599. The van der Waals surface area contributed by atoms with Crippen molar-refractivity contribution in [1.29, 1.82) is 0 Å². The molecular formula is C12H23N3O2. The van der Waals surface area contributed by atoms with Gasteiger partial charge in [0.05, 0.1) is 12.1 Å². The Hall–Kier alpha value is -0.650. The molecule has 5 nitrogen and oxygen atoms in total. The molecule has 2 heterocycles. The van der Waals surface area contributed by atoms with E-state index < -0.39 is 0 Å². The Labute approximate surface area is 103 Å². The van der Waals surface area contributed by atoms with E-state index in [4.69, 9.17) is 0 Å². The van der Waals surface area contributed by atoms with Crippen molar-refractivity contribution < 1.29 is 9.90 Å². The molecule has 3 N–H and O–H groups in total. The van der Waals surface area contributed by atoms with Crippen LogP contribution in [0.15, 0.2) is 0 Å². The summed E-state index contributed by atoms with van der Waals surface area (Å²) < 4.78 is 0. The fraction of sp³-hybridized carbons (Fsp3) is 0.917. The number of amides is 1. The van der Waals surface area contributed by atoms with Gasteiger partial charge in [-0.25, -0.2) is 0 Å². The number of nitrogens with one attached hydrogen (secondary N) is 2. The predicted molar refractivity (Wildman–Crippen MR) is 65.7 cm³/mol. The van der Waals surface area contributed by atoms with Gasteiger partial charge in [0, 0.05) is 25.2 Å². The monoisotopic (exact) mass is 241 g/mol. The lowest BCUT2D eigenvalue weighted by Gasteiger charge is -2.35. The predicted octanol–water partition coefficient (Wildman–Crippen LogP) is -0.692. The Balaban J connectivity index is 1.79. The number of aliphatic hydroxyl groups excluding tert-OH is 1. The van der Waals surface area contributed by atoms with Crippen LogP contribution in [0.25, 0.3) is 0 Å². The van der Waals surface area contributed by atoms with Crippen molar-refractivity contribution in [2.24, 2.45) is 0 Å². The van der Waals surface area contributed by atoms with Gasteiger partial charge in [0.15, 0.2) is 0 Å². The fourth-order valence-electron chi connectivity index (χ4n) is 2.64. The minimum atomic E-state index is -0.373. The maximum absolute atomic E-state index is 11.9. The van der Waals surface area contributed by atoms with Gasteiger partial charge in [-0.2, -0.15) is 0 Å². The summed E-state index contributed by atoms with van der Waals surface area (Å²) >= 11 is 0. The lowest BCUT2D eigenvalue weighted by Crippen LogP contribution is -2.51. The normalized spacial score (nSPS) is 39.2. The first-order valence-corrected chi connectivity index (χ1v) is 6.48. The van der Waals surface area contributed by atoms with E-state index >= 15 is 0 Å². The maximum atomic E-state index is 11.9. The van der Waals surface area contributed by atoms with Gasteiger partial charge in [0.2, 0.25) is 5.91 Å². The summed E-state index contributed by atoms with van der Waals surface area (Å²) in [6.07, 6.45) is 2.19. The molecule has 0 radical (unpaired) electrons. The second-order valence-electron chi connectivity index (χ2n) is 5.41. The standard InChI is InChI=1S/C12H23N3O2/c1-8-5-9(3-4-15(8)2)14-12(17)11-6-10(16)7-13-11/h8-11,13,16H,3-7H2,1-2H3,(H,14,17). The van der Waals surface area contributed by atoms with E-state index in [9.17, 15) is 9.90 Å². The number of nitrogens with zero attached hydrogens (tertiary/aromatic N) is 1. The third kappa shape index (κ3) is 3.18. The fourth-order valence-corrected chi connectivity index (χ4v) is 2.64. The highest BCUT2D eigenvalue weighted by molar-refractivity contribution is 5.82. The largest absolute Gasteiger partial charge is 0.392 e. The number of hydrogen-bond donors (Lipinski definition) is 3. The average molecular weight is 241 g/mol. The summed E-state index contributed by atoms with van der Waals surface area (Å²) in [7, 11) is 2.12. The number of hydrogen-bond acceptors (Lipinski definition) is 4. The van der Waals surface area contributed by atoms with Crippen molar-refractivity contribution in [1.82, 2.24) is 15.5 Å². The van der Waals surface area contributed by atoms with Crippen LogP contribution in [0.4, 0.5) is 0 Å². The molecular weight excluding hydrogens is 218 g/mol. The summed E-state index contributed by atoms with van der Waals surface area (Å²) in [5.74, 6) is 0.0447. The Bertz CT molecular complexity index is 285. The maximum Gasteiger partial charge on any atom is 0.237 e. The lowest BCUT2D eigenvalue weighted by molar-refractivity contribution is -0.124. The van der Waals surface area contributed by atoms with E-state index in [1.807, 2.05) is 0 Å². The Kier molecular flexibility index (Phi) is 4.01. The average Bonchev–Trinajstić information content (AvgIpc) is 2.70. The van der Waals surface area contributed by atoms with Gasteiger partial charge in [-0.1, -0.05) is 0 Å². The zero-order valence-electron chi connectivity index (χ0n) is 10.6. The third-order valence-electron chi connectivity index (χ3n) is 3.98. The SMILES string of the molecule is CC1CC(NC(=O)C2CC(O)CN2)CCN1C. The van der Waals surface area contributed by atoms with Crippen LogP contribution in [0.1, 0.15) is 26.2 Å². The number of aliphatic hydroxyl groups is 1. The van der Waals surface area contributed by atoms with Gasteiger partial charge < -0.3 is 20.6 Å². The van der Waals surface area contributed by atoms with Crippen molar-refractivity contribution in [3.8, 4) is 0 Å². The summed E-state index contributed by atoms with van der Waals surface area (Å²) in [6.45, 7) is 3.75. The zero-order chi connectivity index (χ0) is 12.4. The summed E-state index contributed by atoms with van der Waals surface area (Å²) in [5, 5.41) is 15.5. The summed E-state index contributed by atoms with van der Waals surface area (Å²) in [4.78, 5) is 14.3. The minimum absolute atomic E-state index is 0.0447. The van der Waals surface area contributed by atoms with Gasteiger partial charge in [-0.15, -0.1) is 0 Å². The summed E-state index contributed by atoms with van der Waals surface area (Å²) in [6, 6.07) is 0.601. The highest BCUT2D eigenvalue weighted by Crippen LogP contribution is 2.16. The van der Waals surface area contributed by atoms with Gasteiger partial charge in [-0.05, 0) is 33.2 Å². The number of piperidine rings is 1. The molecule has 4 unspecified atom stereocenters.